The Labute approximate surface area is 114 Å². The van der Waals surface area contributed by atoms with Crippen LogP contribution >= 0.6 is 0 Å². The molecule has 0 aliphatic carbocycles. The molecule has 102 valence electrons. The summed E-state index contributed by atoms with van der Waals surface area (Å²) in [5.41, 5.74) is 0.976. The van der Waals surface area contributed by atoms with Crippen molar-refractivity contribution in [1.82, 2.24) is 0 Å². The van der Waals surface area contributed by atoms with Gasteiger partial charge in [-0.15, -0.1) is 0 Å². The van der Waals surface area contributed by atoms with E-state index in [1.807, 2.05) is 6.07 Å². The quantitative estimate of drug-likeness (QED) is 0.617. The molecule has 0 N–H and O–H groups in total. The molecule has 0 aliphatic rings. The van der Waals surface area contributed by atoms with Crippen LogP contribution in [0.15, 0.2) is 54.6 Å². The highest BCUT2D eigenvalue weighted by atomic mass is 16.7. The Morgan fingerprint density at radius 2 is 1.50 bits per heavy atom. The molecule has 0 aromatic heterocycles. The zero-order valence-corrected chi connectivity index (χ0v) is 10.4. The second kappa shape index (κ2) is 5.79. The summed E-state index contributed by atoms with van der Waals surface area (Å²) in [5.74, 6) is 0. The molecule has 2 rings (SSSR count). The van der Waals surface area contributed by atoms with Crippen molar-refractivity contribution in [3.63, 3.8) is 0 Å². The van der Waals surface area contributed by atoms with Gasteiger partial charge in [-0.3, -0.25) is 10.1 Å². The lowest BCUT2D eigenvalue weighted by Crippen LogP contribution is -2.29. The Balaban J connectivity index is 2.25. The molecule has 2 aromatic rings. The molecule has 0 aliphatic heterocycles. The van der Waals surface area contributed by atoms with Gasteiger partial charge < -0.3 is 0 Å². The standard InChI is InChI=1S/C13H11N3O4/c17-15(18)13-8-6-12(7-9-13)14(16(19)20)10-11-4-2-1-3-5-11/h1-9H,10H2. The maximum atomic E-state index is 11.1. The van der Waals surface area contributed by atoms with Gasteiger partial charge in [0, 0.05) is 12.1 Å². The van der Waals surface area contributed by atoms with E-state index in [0.29, 0.717) is 5.69 Å². The lowest BCUT2D eigenvalue weighted by Gasteiger charge is -2.14. The fourth-order valence-electron chi connectivity index (χ4n) is 1.75. The van der Waals surface area contributed by atoms with E-state index in [-0.39, 0.29) is 12.2 Å². The van der Waals surface area contributed by atoms with Crippen LogP contribution in [-0.4, -0.2) is 9.96 Å². The molecule has 0 spiro atoms. The molecule has 0 atom stereocenters. The number of nitro benzene ring substituents is 1. The normalized spacial score (nSPS) is 10.0. The number of rotatable bonds is 5. The summed E-state index contributed by atoms with van der Waals surface area (Å²) in [6.45, 7) is 0.0889. The van der Waals surface area contributed by atoms with Crippen LogP contribution in [0.3, 0.4) is 0 Å². The van der Waals surface area contributed by atoms with Gasteiger partial charge in [0.2, 0.25) is 0 Å². The van der Waals surface area contributed by atoms with Gasteiger partial charge in [0.25, 0.3) is 5.69 Å². The Morgan fingerprint density at radius 1 is 0.900 bits per heavy atom. The SMILES string of the molecule is O=[N+]([O-])c1ccc(N(Cc2ccccc2)[N+](=O)[O-])cc1. The molecule has 0 unspecified atom stereocenters. The first-order valence-corrected chi connectivity index (χ1v) is 5.78. The third kappa shape index (κ3) is 3.08. The van der Waals surface area contributed by atoms with Crippen LogP contribution in [0.25, 0.3) is 0 Å². The molecule has 0 bridgehead atoms. The van der Waals surface area contributed by atoms with E-state index in [1.165, 1.54) is 24.3 Å². The molecule has 0 amide bonds. The third-order valence-electron chi connectivity index (χ3n) is 2.73. The minimum Gasteiger partial charge on any atom is -0.258 e. The molecular weight excluding hydrogens is 262 g/mol. The summed E-state index contributed by atoms with van der Waals surface area (Å²) in [6.07, 6.45) is 0. The molecule has 0 radical (unpaired) electrons. The molecule has 20 heavy (non-hydrogen) atoms. The first-order valence-electron chi connectivity index (χ1n) is 5.78. The molecule has 7 nitrogen and oxygen atoms in total. The molecule has 0 fully saturated rings. The Bertz CT molecular complexity index is 613. The average Bonchev–Trinajstić information content (AvgIpc) is 2.45. The fourth-order valence-corrected chi connectivity index (χ4v) is 1.75. The second-order valence-corrected chi connectivity index (χ2v) is 4.05. The minimum atomic E-state index is -0.544. The maximum Gasteiger partial charge on any atom is 0.269 e. The average molecular weight is 273 g/mol. The Hall–Kier alpha value is -2.96. The van der Waals surface area contributed by atoms with E-state index in [4.69, 9.17) is 0 Å². The summed E-state index contributed by atoms with van der Waals surface area (Å²) in [6, 6.07) is 14.2. The van der Waals surface area contributed by atoms with Gasteiger partial charge in [-0.1, -0.05) is 35.3 Å². The van der Waals surface area contributed by atoms with Crippen LogP contribution in [0.4, 0.5) is 11.4 Å². The van der Waals surface area contributed by atoms with E-state index in [1.54, 1.807) is 24.3 Å². The van der Waals surface area contributed by atoms with Crippen LogP contribution in [0.5, 0.6) is 0 Å². The molecular formula is C13H11N3O4. The van der Waals surface area contributed by atoms with Crippen LogP contribution < -0.4 is 5.01 Å². The molecule has 2 aromatic carbocycles. The van der Waals surface area contributed by atoms with Crippen LogP contribution in [-0.2, 0) is 6.54 Å². The van der Waals surface area contributed by atoms with Gasteiger partial charge in [0.15, 0.2) is 5.03 Å². The maximum absolute atomic E-state index is 11.1. The highest BCUT2D eigenvalue weighted by Crippen LogP contribution is 2.21. The van der Waals surface area contributed by atoms with Gasteiger partial charge >= 0.3 is 0 Å². The van der Waals surface area contributed by atoms with Crippen molar-refractivity contribution in [3.05, 3.63) is 80.4 Å². The first kappa shape index (κ1) is 13.5. The van der Waals surface area contributed by atoms with E-state index < -0.39 is 9.96 Å². The fraction of sp³-hybridized carbons (Fsp3) is 0.0769. The number of hydrogen-bond acceptors (Lipinski definition) is 4. The molecule has 0 heterocycles. The van der Waals surface area contributed by atoms with E-state index in [9.17, 15) is 20.2 Å². The number of anilines is 1. The van der Waals surface area contributed by atoms with Crippen molar-refractivity contribution in [2.75, 3.05) is 5.01 Å². The Morgan fingerprint density at radius 3 is 2.00 bits per heavy atom. The van der Waals surface area contributed by atoms with Crippen molar-refractivity contribution >= 4 is 11.4 Å². The van der Waals surface area contributed by atoms with Crippen LogP contribution in [0.1, 0.15) is 5.56 Å². The predicted octanol–water partition coefficient (Wildman–Crippen LogP) is 2.79. The number of hydrazine groups is 1. The second-order valence-electron chi connectivity index (χ2n) is 4.05. The lowest BCUT2D eigenvalue weighted by atomic mass is 10.2. The van der Waals surface area contributed by atoms with E-state index in [2.05, 4.69) is 0 Å². The first-order chi connectivity index (χ1) is 9.58. The van der Waals surface area contributed by atoms with Gasteiger partial charge in [0.05, 0.1) is 4.92 Å². The molecule has 7 heteroatoms. The topological polar surface area (TPSA) is 89.5 Å². The number of benzene rings is 2. The molecule has 0 saturated carbocycles. The summed E-state index contributed by atoms with van der Waals surface area (Å²) in [7, 11) is 0. The van der Waals surface area contributed by atoms with Crippen molar-refractivity contribution in [3.8, 4) is 0 Å². The summed E-state index contributed by atoms with van der Waals surface area (Å²) in [4.78, 5) is 21.1. The number of nitro groups is 2. The zero-order valence-electron chi connectivity index (χ0n) is 10.4. The van der Waals surface area contributed by atoms with Crippen LogP contribution in [0, 0.1) is 20.2 Å². The predicted molar refractivity (Wildman–Crippen MR) is 72.7 cm³/mol. The number of nitrogens with zero attached hydrogens (tertiary/aromatic N) is 3. The van der Waals surface area contributed by atoms with Crippen molar-refractivity contribution in [2.45, 2.75) is 6.54 Å². The van der Waals surface area contributed by atoms with Crippen molar-refractivity contribution < 1.29 is 9.96 Å². The smallest absolute Gasteiger partial charge is 0.258 e. The lowest BCUT2D eigenvalue weighted by molar-refractivity contribution is -0.496. The van der Waals surface area contributed by atoms with Crippen molar-refractivity contribution in [1.29, 1.82) is 0 Å². The van der Waals surface area contributed by atoms with Gasteiger partial charge in [0.1, 0.15) is 12.2 Å². The summed E-state index contributed by atoms with van der Waals surface area (Å²) in [5, 5.41) is 22.1. The minimum absolute atomic E-state index is 0.0889. The highest BCUT2D eigenvalue weighted by molar-refractivity contribution is 5.49. The largest absolute Gasteiger partial charge is 0.269 e. The Kier molecular flexibility index (Phi) is 3.90. The van der Waals surface area contributed by atoms with E-state index >= 15 is 0 Å². The summed E-state index contributed by atoms with van der Waals surface area (Å²) < 4.78 is 0. The number of non-ortho nitro benzene ring substituents is 1. The number of hydrogen-bond donors (Lipinski definition) is 0. The van der Waals surface area contributed by atoms with Crippen LogP contribution in [0.2, 0.25) is 0 Å². The highest BCUT2D eigenvalue weighted by Gasteiger charge is 2.18. The van der Waals surface area contributed by atoms with Gasteiger partial charge in [-0.25, -0.2) is 10.1 Å². The monoisotopic (exact) mass is 273 g/mol. The van der Waals surface area contributed by atoms with Crippen molar-refractivity contribution in [2.24, 2.45) is 0 Å². The zero-order chi connectivity index (χ0) is 14.5. The molecule has 0 saturated heterocycles. The van der Waals surface area contributed by atoms with Gasteiger partial charge in [-0.05, 0) is 17.7 Å². The van der Waals surface area contributed by atoms with Gasteiger partial charge in [-0.2, -0.15) is 0 Å². The van der Waals surface area contributed by atoms with E-state index in [0.717, 1.165) is 10.6 Å². The third-order valence-corrected chi connectivity index (χ3v) is 2.73. The summed E-state index contributed by atoms with van der Waals surface area (Å²) >= 11 is 0.